The van der Waals surface area contributed by atoms with Crippen molar-refractivity contribution in [1.82, 2.24) is 19.9 Å². The predicted octanol–water partition coefficient (Wildman–Crippen LogP) is 6.58. The number of hydrogen-bond donors (Lipinski definition) is 1. The molecule has 41 heavy (non-hydrogen) atoms. The summed E-state index contributed by atoms with van der Waals surface area (Å²) in [7, 11) is 0. The largest absolute Gasteiger partial charge is 1.00 e. The molecule has 0 saturated heterocycles. The number of aromatic hydroxyl groups is 1. The van der Waals surface area contributed by atoms with E-state index in [0.717, 1.165) is 34.9 Å². The zero-order valence-electron chi connectivity index (χ0n) is 22.6. The van der Waals surface area contributed by atoms with Gasteiger partial charge in [0.15, 0.2) is 0 Å². The van der Waals surface area contributed by atoms with E-state index in [4.69, 9.17) is 4.74 Å². The molecule has 0 spiro atoms. The minimum Gasteiger partial charge on any atom is -0.507 e. The fraction of sp³-hybridized carbons (Fsp3) is 0.156. The second-order valence-corrected chi connectivity index (χ2v) is 9.54. The summed E-state index contributed by atoms with van der Waals surface area (Å²) in [6.07, 6.45) is 10.2. The molecule has 1 aromatic carbocycles. The molecule has 0 fully saturated rings. The zero-order chi connectivity index (χ0) is 27.8. The fourth-order valence-electron chi connectivity index (χ4n) is 3.68. The Bertz CT molecular complexity index is 1300. The average molecular weight is 651 g/mol. The molecule has 0 saturated carbocycles. The number of ether oxygens (including phenoxy) is 1. The number of para-hydroxylation sites is 1. The van der Waals surface area contributed by atoms with Gasteiger partial charge < -0.3 is 9.84 Å². The van der Waals surface area contributed by atoms with Gasteiger partial charge in [-0.2, -0.15) is 11.8 Å². The van der Waals surface area contributed by atoms with Crippen LogP contribution in [0, 0.1) is 0 Å². The molecule has 1 N–H and O–H groups in total. The van der Waals surface area contributed by atoms with Gasteiger partial charge in [-0.3, -0.25) is 19.9 Å². The van der Waals surface area contributed by atoms with Gasteiger partial charge in [0, 0.05) is 24.8 Å². The molecular formula is C32H31N5O2RuS+. The first-order valence-electron chi connectivity index (χ1n) is 12.9. The van der Waals surface area contributed by atoms with E-state index >= 15 is 0 Å². The van der Waals surface area contributed by atoms with Crippen molar-refractivity contribution in [3.63, 3.8) is 0 Å². The SMILES string of the molecule is CSCC[C@H]1COC(c2ccccc2O)=N1.[Ru+].c1ccc(-c2ccccn2)nc1.c1ccc(-c2ccccn2)nc1. The van der Waals surface area contributed by atoms with Crippen molar-refractivity contribution in [1.29, 1.82) is 0 Å². The summed E-state index contributed by atoms with van der Waals surface area (Å²) in [4.78, 5) is 21.2. The van der Waals surface area contributed by atoms with E-state index in [1.807, 2.05) is 96.7 Å². The first-order chi connectivity index (χ1) is 19.7. The Morgan fingerprint density at radius 1 is 0.683 bits per heavy atom. The molecule has 1 aliphatic heterocycles. The van der Waals surface area contributed by atoms with Crippen LogP contribution < -0.4 is 0 Å². The van der Waals surface area contributed by atoms with E-state index in [2.05, 4.69) is 31.2 Å². The fourth-order valence-corrected chi connectivity index (χ4v) is 4.18. The Balaban J connectivity index is 0.000000169. The van der Waals surface area contributed by atoms with Crippen LogP contribution in [0.1, 0.15) is 12.0 Å². The van der Waals surface area contributed by atoms with E-state index in [9.17, 15) is 5.11 Å². The van der Waals surface area contributed by atoms with Gasteiger partial charge in [-0.1, -0.05) is 36.4 Å². The molecule has 5 heterocycles. The number of thioether (sulfide) groups is 1. The molecule has 0 aliphatic carbocycles. The number of benzene rings is 1. The van der Waals surface area contributed by atoms with Crippen LogP contribution in [-0.2, 0) is 24.2 Å². The Labute approximate surface area is 258 Å². The van der Waals surface area contributed by atoms with E-state index in [0.29, 0.717) is 18.1 Å². The number of aromatic nitrogens is 4. The molecule has 0 bridgehead atoms. The quantitative estimate of drug-likeness (QED) is 0.208. The predicted molar refractivity (Wildman–Crippen MR) is 162 cm³/mol. The van der Waals surface area contributed by atoms with Crippen molar-refractivity contribution in [2.45, 2.75) is 12.5 Å². The Morgan fingerprint density at radius 3 is 1.51 bits per heavy atom. The van der Waals surface area contributed by atoms with Crippen LogP contribution in [0.4, 0.5) is 0 Å². The monoisotopic (exact) mass is 651 g/mol. The van der Waals surface area contributed by atoms with Crippen LogP contribution in [0.15, 0.2) is 127 Å². The number of nitrogens with zero attached hydrogens (tertiary/aromatic N) is 5. The number of aliphatic imine (C=N–C) groups is 1. The van der Waals surface area contributed by atoms with E-state index in [-0.39, 0.29) is 31.3 Å². The Kier molecular flexibility index (Phi) is 13.6. The third-order valence-electron chi connectivity index (χ3n) is 5.69. The van der Waals surface area contributed by atoms with E-state index in [1.165, 1.54) is 0 Å². The summed E-state index contributed by atoms with van der Waals surface area (Å²) in [6.45, 7) is 0.629. The number of phenolic OH excluding ortho intramolecular Hbond substituents is 1. The van der Waals surface area contributed by atoms with E-state index < -0.39 is 0 Å². The van der Waals surface area contributed by atoms with Gasteiger partial charge in [-0.15, -0.1) is 0 Å². The first-order valence-corrected chi connectivity index (χ1v) is 14.3. The van der Waals surface area contributed by atoms with Crippen molar-refractivity contribution in [3.8, 4) is 28.5 Å². The third-order valence-corrected chi connectivity index (χ3v) is 6.33. The molecule has 9 heteroatoms. The molecule has 1 aliphatic rings. The van der Waals surface area contributed by atoms with Crippen LogP contribution in [-0.4, -0.2) is 55.6 Å². The molecule has 5 aromatic rings. The summed E-state index contributed by atoms with van der Waals surface area (Å²) in [6, 6.07) is 30.6. The summed E-state index contributed by atoms with van der Waals surface area (Å²) < 4.78 is 5.51. The van der Waals surface area contributed by atoms with Gasteiger partial charge in [0.1, 0.15) is 12.4 Å². The minimum absolute atomic E-state index is 0. The van der Waals surface area contributed by atoms with Crippen LogP contribution in [0.2, 0.25) is 0 Å². The second kappa shape index (κ2) is 17.7. The number of phenols is 1. The standard InChI is InChI=1S/C12H15NO2S.2C10H8N2.Ru/c1-16-7-6-9-8-15-12(13-9)10-4-2-3-5-11(10)14;2*1-3-7-11-9(5-1)10-6-2-4-8-12-10;/h2-5,9,14H,6-8H2,1H3;2*1-8H;/q;;;+1/t9-;;;/m0.../s1. The summed E-state index contributed by atoms with van der Waals surface area (Å²) in [5.41, 5.74) is 4.35. The molecule has 1 atom stereocenters. The molecule has 1 radical (unpaired) electrons. The van der Waals surface area contributed by atoms with Crippen molar-refractivity contribution in [2.75, 3.05) is 18.6 Å². The summed E-state index contributed by atoms with van der Waals surface area (Å²) >= 11 is 1.81. The molecule has 0 unspecified atom stereocenters. The topological polar surface area (TPSA) is 93.4 Å². The molecule has 7 nitrogen and oxygen atoms in total. The molecule has 209 valence electrons. The number of hydrogen-bond acceptors (Lipinski definition) is 8. The molecular weight excluding hydrogens is 620 g/mol. The molecule has 4 aromatic heterocycles. The second-order valence-electron chi connectivity index (χ2n) is 8.56. The number of rotatable bonds is 6. The van der Waals surface area contributed by atoms with Gasteiger partial charge >= 0.3 is 19.5 Å². The maximum absolute atomic E-state index is 9.67. The Hall–Kier alpha value is -3.94. The van der Waals surface area contributed by atoms with Crippen molar-refractivity contribution in [3.05, 3.63) is 127 Å². The van der Waals surface area contributed by atoms with Crippen LogP contribution in [0.25, 0.3) is 22.8 Å². The van der Waals surface area contributed by atoms with Crippen molar-refractivity contribution >= 4 is 17.7 Å². The van der Waals surface area contributed by atoms with E-state index in [1.54, 1.807) is 36.9 Å². The van der Waals surface area contributed by atoms with Gasteiger partial charge in [-0.25, -0.2) is 4.99 Å². The van der Waals surface area contributed by atoms with Gasteiger partial charge in [0.25, 0.3) is 0 Å². The van der Waals surface area contributed by atoms with Crippen LogP contribution >= 0.6 is 11.8 Å². The van der Waals surface area contributed by atoms with Crippen molar-refractivity contribution < 1.29 is 29.3 Å². The van der Waals surface area contributed by atoms with Gasteiger partial charge in [0.2, 0.25) is 5.90 Å². The summed E-state index contributed by atoms with van der Waals surface area (Å²) in [5, 5.41) is 9.67. The van der Waals surface area contributed by atoms with Crippen molar-refractivity contribution in [2.24, 2.45) is 4.99 Å². The minimum atomic E-state index is 0. The van der Waals surface area contributed by atoms with Crippen LogP contribution in [0.5, 0.6) is 5.75 Å². The number of pyridine rings is 4. The summed E-state index contributed by atoms with van der Waals surface area (Å²) in [5.74, 6) is 1.89. The maximum atomic E-state index is 9.67. The normalized spacial score (nSPS) is 13.2. The smallest absolute Gasteiger partial charge is 0.507 e. The first kappa shape index (κ1) is 31.6. The maximum Gasteiger partial charge on any atom is 1.00 e. The average Bonchev–Trinajstić information content (AvgIpc) is 3.51. The zero-order valence-corrected chi connectivity index (χ0v) is 25.2. The Morgan fingerprint density at radius 2 is 1.12 bits per heavy atom. The molecule has 6 rings (SSSR count). The molecule has 0 amide bonds. The van der Waals surface area contributed by atoms with Gasteiger partial charge in [-0.05, 0) is 79.1 Å². The van der Waals surface area contributed by atoms with Gasteiger partial charge in [0.05, 0.1) is 34.4 Å². The third kappa shape index (κ3) is 10.2. The van der Waals surface area contributed by atoms with Crippen LogP contribution in [0.3, 0.4) is 0 Å².